The van der Waals surface area contributed by atoms with Gasteiger partial charge in [0, 0.05) is 25.2 Å². The Bertz CT molecular complexity index is 211. The van der Waals surface area contributed by atoms with E-state index in [1.54, 1.807) is 0 Å². The van der Waals surface area contributed by atoms with Crippen molar-refractivity contribution in [3.8, 4) is 0 Å². The summed E-state index contributed by atoms with van der Waals surface area (Å²) in [5.74, 6) is 1.87. The molecule has 2 rings (SSSR count). The van der Waals surface area contributed by atoms with Crippen LogP contribution < -0.4 is 5.32 Å². The predicted molar refractivity (Wildman–Crippen MR) is 69.6 cm³/mol. The summed E-state index contributed by atoms with van der Waals surface area (Å²) in [6, 6.07) is 1.44. The average Bonchev–Trinajstić information content (AvgIpc) is 3.01. The second-order valence-electron chi connectivity index (χ2n) is 6.20. The van der Waals surface area contributed by atoms with Crippen LogP contribution in [0.5, 0.6) is 0 Å². The van der Waals surface area contributed by atoms with Gasteiger partial charge in [0.2, 0.25) is 0 Å². The van der Waals surface area contributed by atoms with Crippen LogP contribution in [0.25, 0.3) is 0 Å². The van der Waals surface area contributed by atoms with E-state index in [0.29, 0.717) is 6.04 Å². The predicted octanol–water partition coefficient (Wildman–Crippen LogP) is 2.49. The van der Waals surface area contributed by atoms with Crippen LogP contribution in [0.1, 0.15) is 46.5 Å². The molecule has 94 valence electrons. The van der Waals surface area contributed by atoms with Gasteiger partial charge in [-0.25, -0.2) is 0 Å². The van der Waals surface area contributed by atoms with Crippen molar-refractivity contribution in [2.24, 2.45) is 11.8 Å². The van der Waals surface area contributed by atoms with E-state index in [9.17, 15) is 0 Å². The Morgan fingerprint density at radius 1 is 1.31 bits per heavy atom. The van der Waals surface area contributed by atoms with Gasteiger partial charge in [-0.2, -0.15) is 0 Å². The third kappa shape index (κ3) is 3.46. The van der Waals surface area contributed by atoms with Crippen molar-refractivity contribution in [1.29, 1.82) is 0 Å². The summed E-state index contributed by atoms with van der Waals surface area (Å²) in [7, 11) is 0. The zero-order valence-electron chi connectivity index (χ0n) is 11.2. The van der Waals surface area contributed by atoms with E-state index in [-0.39, 0.29) is 0 Å². The highest BCUT2D eigenvalue weighted by molar-refractivity contribution is 4.86. The van der Waals surface area contributed by atoms with Gasteiger partial charge in [0.15, 0.2) is 0 Å². The summed E-state index contributed by atoms with van der Waals surface area (Å²) in [5, 5.41) is 3.61. The Morgan fingerprint density at radius 2 is 2.06 bits per heavy atom. The van der Waals surface area contributed by atoms with Crippen LogP contribution in [0, 0.1) is 11.8 Å². The second-order valence-corrected chi connectivity index (χ2v) is 6.20. The molecule has 2 aliphatic rings. The molecule has 0 radical (unpaired) electrons. The number of rotatable bonds is 5. The van der Waals surface area contributed by atoms with E-state index in [0.717, 1.165) is 17.9 Å². The van der Waals surface area contributed by atoms with E-state index in [1.165, 1.54) is 45.3 Å². The van der Waals surface area contributed by atoms with Crippen molar-refractivity contribution >= 4 is 0 Å². The second kappa shape index (κ2) is 5.50. The summed E-state index contributed by atoms with van der Waals surface area (Å²) in [6.45, 7) is 10.8. The van der Waals surface area contributed by atoms with E-state index in [2.05, 4.69) is 31.0 Å². The molecule has 0 bridgehead atoms. The van der Waals surface area contributed by atoms with Crippen molar-refractivity contribution in [2.75, 3.05) is 19.6 Å². The maximum atomic E-state index is 3.61. The van der Waals surface area contributed by atoms with Crippen LogP contribution in [0.3, 0.4) is 0 Å². The van der Waals surface area contributed by atoms with E-state index < -0.39 is 0 Å². The fourth-order valence-corrected chi connectivity index (χ4v) is 2.91. The topological polar surface area (TPSA) is 15.3 Å². The summed E-state index contributed by atoms with van der Waals surface area (Å²) in [4.78, 5) is 2.73. The molecule has 1 aliphatic heterocycles. The Hall–Kier alpha value is -0.0800. The molecule has 2 unspecified atom stereocenters. The zero-order valence-corrected chi connectivity index (χ0v) is 11.2. The highest BCUT2D eigenvalue weighted by Crippen LogP contribution is 2.33. The van der Waals surface area contributed by atoms with Crippen LogP contribution in [-0.2, 0) is 0 Å². The standard InChI is InChI=1S/C14H28N2/c1-11(2)14-9-15-12(3)10-16(14)8-4-5-13-6-7-13/h11-15H,4-10H2,1-3H3. The minimum absolute atomic E-state index is 0.677. The number of nitrogens with one attached hydrogen (secondary N) is 1. The zero-order chi connectivity index (χ0) is 11.5. The fourth-order valence-electron chi connectivity index (χ4n) is 2.91. The molecule has 1 saturated heterocycles. The molecule has 1 N–H and O–H groups in total. The SMILES string of the molecule is CC1CN(CCCC2CC2)C(C(C)C)CN1. The molecule has 0 aromatic rings. The highest BCUT2D eigenvalue weighted by Gasteiger charge is 2.28. The molecule has 2 heteroatoms. The monoisotopic (exact) mass is 224 g/mol. The first-order valence-electron chi connectivity index (χ1n) is 7.14. The summed E-state index contributed by atoms with van der Waals surface area (Å²) in [5.41, 5.74) is 0. The number of piperazine rings is 1. The van der Waals surface area contributed by atoms with Gasteiger partial charge < -0.3 is 5.32 Å². The lowest BCUT2D eigenvalue weighted by atomic mass is 9.98. The van der Waals surface area contributed by atoms with E-state index in [1.807, 2.05) is 0 Å². The molecule has 1 heterocycles. The average molecular weight is 224 g/mol. The fraction of sp³-hybridized carbons (Fsp3) is 1.00. The number of hydrogen-bond donors (Lipinski definition) is 1. The molecule has 0 amide bonds. The Labute approximate surface area is 101 Å². The summed E-state index contributed by atoms with van der Waals surface area (Å²) >= 11 is 0. The Morgan fingerprint density at radius 3 is 2.69 bits per heavy atom. The van der Waals surface area contributed by atoms with Crippen molar-refractivity contribution in [3.05, 3.63) is 0 Å². The molecule has 16 heavy (non-hydrogen) atoms. The van der Waals surface area contributed by atoms with Crippen LogP contribution in [0.2, 0.25) is 0 Å². The number of nitrogens with zero attached hydrogens (tertiary/aromatic N) is 1. The highest BCUT2D eigenvalue weighted by atomic mass is 15.2. The van der Waals surface area contributed by atoms with E-state index in [4.69, 9.17) is 0 Å². The van der Waals surface area contributed by atoms with Crippen LogP contribution in [-0.4, -0.2) is 36.6 Å². The lowest BCUT2D eigenvalue weighted by Gasteiger charge is -2.41. The van der Waals surface area contributed by atoms with Crippen molar-refractivity contribution < 1.29 is 0 Å². The Balaban J connectivity index is 1.76. The minimum Gasteiger partial charge on any atom is -0.311 e. The smallest absolute Gasteiger partial charge is 0.0244 e. The van der Waals surface area contributed by atoms with Gasteiger partial charge in [-0.1, -0.05) is 26.7 Å². The number of hydrogen-bond acceptors (Lipinski definition) is 2. The summed E-state index contributed by atoms with van der Waals surface area (Å²) < 4.78 is 0. The van der Waals surface area contributed by atoms with Crippen LogP contribution in [0.15, 0.2) is 0 Å². The van der Waals surface area contributed by atoms with Gasteiger partial charge in [0.1, 0.15) is 0 Å². The van der Waals surface area contributed by atoms with Gasteiger partial charge in [-0.3, -0.25) is 4.90 Å². The van der Waals surface area contributed by atoms with Gasteiger partial charge >= 0.3 is 0 Å². The van der Waals surface area contributed by atoms with Crippen molar-refractivity contribution in [2.45, 2.75) is 58.5 Å². The lowest BCUT2D eigenvalue weighted by Crippen LogP contribution is -2.57. The van der Waals surface area contributed by atoms with Crippen LogP contribution in [0.4, 0.5) is 0 Å². The normalized spacial score (nSPS) is 32.2. The summed E-state index contributed by atoms with van der Waals surface area (Å²) in [6.07, 6.45) is 5.90. The van der Waals surface area contributed by atoms with Gasteiger partial charge in [-0.05, 0) is 38.1 Å². The van der Waals surface area contributed by atoms with Gasteiger partial charge in [0.25, 0.3) is 0 Å². The van der Waals surface area contributed by atoms with Crippen molar-refractivity contribution in [3.63, 3.8) is 0 Å². The molecule has 0 aromatic heterocycles. The molecule has 2 nitrogen and oxygen atoms in total. The quantitative estimate of drug-likeness (QED) is 0.772. The first-order valence-corrected chi connectivity index (χ1v) is 7.14. The molecule has 2 fully saturated rings. The maximum absolute atomic E-state index is 3.61. The van der Waals surface area contributed by atoms with Gasteiger partial charge in [0.05, 0.1) is 0 Å². The molecular formula is C14H28N2. The Kier molecular flexibility index (Phi) is 4.26. The molecule has 0 aromatic carbocycles. The first kappa shape index (κ1) is 12.4. The van der Waals surface area contributed by atoms with Crippen LogP contribution >= 0.6 is 0 Å². The largest absolute Gasteiger partial charge is 0.311 e. The maximum Gasteiger partial charge on any atom is 0.0244 e. The third-order valence-electron chi connectivity index (χ3n) is 4.18. The molecular weight excluding hydrogens is 196 g/mol. The molecule has 1 aliphatic carbocycles. The molecule has 0 spiro atoms. The molecule has 1 saturated carbocycles. The molecule has 2 atom stereocenters. The lowest BCUT2D eigenvalue weighted by molar-refractivity contribution is 0.101. The first-order chi connectivity index (χ1) is 7.66. The van der Waals surface area contributed by atoms with E-state index >= 15 is 0 Å². The van der Waals surface area contributed by atoms with Gasteiger partial charge in [-0.15, -0.1) is 0 Å². The minimum atomic E-state index is 0.677. The van der Waals surface area contributed by atoms with Crippen molar-refractivity contribution in [1.82, 2.24) is 10.2 Å². The third-order valence-corrected chi connectivity index (χ3v) is 4.18.